The highest BCUT2D eigenvalue weighted by Gasteiger charge is 2.30. The number of ether oxygens (including phenoxy) is 1. The fourth-order valence-corrected chi connectivity index (χ4v) is 4.82. The average Bonchev–Trinajstić information content (AvgIpc) is 2.72. The van der Waals surface area contributed by atoms with Crippen molar-refractivity contribution in [3.05, 3.63) is 0 Å². The maximum atomic E-state index is 12.7. The smallest absolute Gasteiger partial charge is 0.225 e. The van der Waals surface area contributed by atoms with Crippen LogP contribution < -0.4 is 0 Å². The number of hydrogen-bond donors (Lipinski definition) is 0. The van der Waals surface area contributed by atoms with Gasteiger partial charge in [0.05, 0.1) is 6.61 Å². The van der Waals surface area contributed by atoms with Crippen molar-refractivity contribution in [2.75, 3.05) is 59.0 Å². The quantitative estimate of drug-likeness (QED) is 0.650. The van der Waals surface area contributed by atoms with E-state index < -0.39 is 0 Å². The van der Waals surface area contributed by atoms with E-state index in [1.54, 1.807) is 6.92 Å². The zero-order chi connectivity index (χ0) is 19.9. The molecular formula is C22H39N3O3. The minimum absolute atomic E-state index is 0.190. The molecule has 2 amide bonds. The molecule has 160 valence electrons. The third kappa shape index (κ3) is 6.18. The summed E-state index contributed by atoms with van der Waals surface area (Å²) in [6.07, 6.45) is 6.70. The van der Waals surface area contributed by atoms with Crippen molar-refractivity contribution >= 4 is 11.8 Å². The molecule has 0 radical (unpaired) electrons. The molecule has 2 saturated heterocycles. The second kappa shape index (κ2) is 10.6. The van der Waals surface area contributed by atoms with Crippen molar-refractivity contribution in [3.63, 3.8) is 0 Å². The first-order valence-electron chi connectivity index (χ1n) is 11.4. The number of nitrogens with zero attached hydrogens (tertiary/aromatic N) is 3. The Labute approximate surface area is 170 Å². The van der Waals surface area contributed by atoms with Crippen LogP contribution in [0.1, 0.15) is 52.4 Å². The number of carbonyl (C=O) groups is 2. The Morgan fingerprint density at radius 1 is 0.857 bits per heavy atom. The molecule has 0 N–H and O–H groups in total. The number of amides is 2. The van der Waals surface area contributed by atoms with Crippen LogP contribution in [-0.2, 0) is 14.3 Å². The predicted octanol–water partition coefficient (Wildman–Crippen LogP) is 2.23. The molecule has 6 heteroatoms. The maximum absolute atomic E-state index is 12.7. The minimum atomic E-state index is 0.190. The number of rotatable bonds is 6. The highest BCUT2D eigenvalue weighted by atomic mass is 16.5. The molecule has 0 unspecified atom stereocenters. The molecule has 1 aliphatic carbocycles. The summed E-state index contributed by atoms with van der Waals surface area (Å²) in [5.41, 5.74) is 0. The molecule has 6 nitrogen and oxygen atoms in total. The van der Waals surface area contributed by atoms with E-state index in [1.165, 1.54) is 12.8 Å². The first-order valence-corrected chi connectivity index (χ1v) is 11.4. The van der Waals surface area contributed by atoms with Crippen molar-refractivity contribution in [2.45, 2.75) is 52.4 Å². The van der Waals surface area contributed by atoms with Crippen molar-refractivity contribution in [2.24, 2.45) is 17.8 Å². The Morgan fingerprint density at radius 2 is 1.50 bits per heavy atom. The van der Waals surface area contributed by atoms with Gasteiger partial charge in [-0.1, -0.05) is 6.92 Å². The molecule has 0 aromatic heterocycles. The van der Waals surface area contributed by atoms with Gasteiger partial charge in [0.25, 0.3) is 0 Å². The van der Waals surface area contributed by atoms with Crippen LogP contribution in [-0.4, -0.2) is 85.5 Å². The van der Waals surface area contributed by atoms with Crippen LogP contribution in [0.15, 0.2) is 0 Å². The lowest BCUT2D eigenvalue weighted by Gasteiger charge is -2.37. The summed E-state index contributed by atoms with van der Waals surface area (Å²) in [5, 5.41) is 0. The summed E-state index contributed by atoms with van der Waals surface area (Å²) in [7, 11) is 0. The summed E-state index contributed by atoms with van der Waals surface area (Å²) < 4.78 is 5.93. The number of piperidine rings is 1. The fraction of sp³-hybridized carbons (Fsp3) is 0.909. The Kier molecular flexibility index (Phi) is 8.15. The largest absolute Gasteiger partial charge is 0.380 e. The molecule has 0 spiro atoms. The van der Waals surface area contributed by atoms with Gasteiger partial charge < -0.3 is 14.5 Å². The van der Waals surface area contributed by atoms with Crippen LogP contribution >= 0.6 is 0 Å². The van der Waals surface area contributed by atoms with Crippen LogP contribution in [0.4, 0.5) is 0 Å². The zero-order valence-corrected chi connectivity index (χ0v) is 17.9. The van der Waals surface area contributed by atoms with E-state index in [2.05, 4.69) is 16.7 Å². The highest BCUT2D eigenvalue weighted by molar-refractivity contribution is 5.79. The molecule has 0 aromatic carbocycles. The van der Waals surface area contributed by atoms with Crippen LogP contribution in [0.3, 0.4) is 0 Å². The van der Waals surface area contributed by atoms with E-state index >= 15 is 0 Å². The standard InChI is InChI=1S/C22H39N3O3/c1-18-3-5-21(6-4-18)22(27)25-13-11-23(12-14-25)15-16-28-17-20-7-9-24(10-8-20)19(2)26/h18,20-21H,3-17H2,1-2H3. The van der Waals surface area contributed by atoms with Gasteiger partial charge in [-0.25, -0.2) is 0 Å². The van der Waals surface area contributed by atoms with E-state index in [-0.39, 0.29) is 11.8 Å². The van der Waals surface area contributed by atoms with Gasteiger partial charge in [-0.15, -0.1) is 0 Å². The van der Waals surface area contributed by atoms with E-state index in [0.29, 0.717) is 11.8 Å². The third-order valence-corrected chi connectivity index (χ3v) is 7.01. The second-order valence-corrected chi connectivity index (χ2v) is 9.15. The number of likely N-dealkylation sites (tertiary alicyclic amines) is 1. The van der Waals surface area contributed by atoms with Gasteiger partial charge >= 0.3 is 0 Å². The van der Waals surface area contributed by atoms with Crippen molar-refractivity contribution in [3.8, 4) is 0 Å². The van der Waals surface area contributed by atoms with E-state index in [4.69, 9.17) is 4.74 Å². The zero-order valence-electron chi connectivity index (χ0n) is 17.9. The molecule has 1 saturated carbocycles. The molecule has 3 rings (SSSR count). The first kappa shape index (κ1) is 21.6. The lowest BCUT2D eigenvalue weighted by Crippen LogP contribution is -2.51. The van der Waals surface area contributed by atoms with Gasteiger partial charge in [0.2, 0.25) is 11.8 Å². The normalized spacial score (nSPS) is 27.8. The Balaban J connectivity index is 1.25. The van der Waals surface area contributed by atoms with Crippen molar-refractivity contribution in [1.29, 1.82) is 0 Å². The average molecular weight is 394 g/mol. The monoisotopic (exact) mass is 393 g/mol. The number of hydrogen-bond acceptors (Lipinski definition) is 4. The molecule has 0 atom stereocenters. The van der Waals surface area contributed by atoms with Crippen molar-refractivity contribution < 1.29 is 14.3 Å². The summed E-state index contributed by atoms with van der Waals surface area (Å²) in [6, 6.07) is 0. The van der Waals surface area contributed by atoms with Crippen LogP contribution in [0.2, 0.25) is 0 Å². The first-order chi connectivity index (χ1) is 13.5. The highest BCUT2D eigenvalue weighted by Crippen LogP contribution is 2.29. The van der Waals surface area contributed by atoms with Gasteiger partial charge in [-0.2, -0.15) is 0 Å². The van der Waals surface area contributed by atoms with Gasteiger partial charge in [0.1, 0.15) is 0 Å². The molecule has 2 aliphatic heterocycles. The molecule has 3 aliphatic rings. The Bertz CT molecular complexity index is 503. The van der Waals surface area contributed by atoms with E-state index in [1.807, 2.05) is 4.90 Å². The maximum Gasteiger partial charge on any atom is 0.225 e. The summed E-state index contributed by atoms with van der Waals surface area (Å²) in [5.74, 6) is 2.25. The fourth-order valence-electron chi connectivity index (χ4n) is 4.82. The van der Waals surface area contributed by atoms with Crippen LogP contribution in [0.25, 0.3) is 0 Å². The molecule has 2 heterocycles. The van der Waals surface area contributed by atoms with E-state index in [9.17, 15) is 9.59 Å². The van der Waals surface area contributed by atoms with Gasteiger partial charge in [-0.3, -0.25) is 14.5 Å². The van der Waals surface area contributed by atoms with Crippen molar-refractivity contribution in [1.82, 2.24) is 14.7 Å². The molecule has 28 heavy (non-hydrogen) atoms. The molecule has 0 aromatic rings. The SMILES string of the molecule is CC(=O)N1CCC(COCCN2CCN(C(=O)C3CCC(C)CC3)CC2)CC1. The molecular weight excluding hydrogens is 354 g/mol. The van der Waals surface area contributed by atoms with Gasteiger partial charge in [0, 0.05) is 65.3 Å². The summed E-state index contributed by atoms with van der Waals surface area (Å²) >= 11 is 0. The summed E-state index contributed by atoms with van der Waals surface area (Å²) in [4.78, 5) is 30.6. The summed E-state index contributed by atoms with van der Waals surface area (Å²) in [6.45, 7) is 11.9. The number of piperazine rings is 1. The lowest BCUT2D eigenvalue weighted by atomic mass is 9.82. The topological polar surface area (TPSA) is 53.1 Å². The van der Waals surface area contributed by atoms with Gasteiger partial charge in [0.15, 0.2) is 0 Å². The van der Waals surface area contributed by atoms with Crippen LogP contribution in [0.5, 0.6) is 0 Å². The van der Waals surface area contributed by atoms with Gasteiger partial charge in [-0.05, 0) is 50.4 Å². The minimum Gasteiger partial charge on any atom is -0.380 e. The molecule has 0 bridgehead atoms. The number of carbonyl (C=O) groups excluding carboxylic acids is 2. The van der Waals surface area contributed by atoms with E-state index in [0.717, 1.165) is 90.6 Å². The Hall–Kier alpha value is -1.14. The lowest BCUT2D eigenvalue weighted by molar-refractivity contribution is -0.138. The predicted molar refractivity (Wildman–Crippen MR) is 110 cm³/mol. The van der Waals surface area contributed by atoms with Crippen LogP contribution in [0, 0.1) is 17.8 Å². The third-order valence-electron chi connectivity index (χ3n) is 7.01. The second-order valence-electron chi connectivity index (χ2n) is 9.15. The Morgan fingerprint density at radius 3 is 2.11 bits per heavy atom. The molecule has 3 fully saturated rings.